The van der Waals surface area contributed by atoms with Crippen LogP contribution in [0.1, 0.15) is 92.4 Å². The molecule has 3 saturated heterocycles. The van der Waals surface area contributed by atoms with Gasteiger partial charge in [0.1, 0.15) is 18.3 Å². The van der Waals surface area contributed by atoms with E-state index in [1.54, 1.807) is 39.0 Å². The second-order valence-corrected chi connectivity index (χ2v) is 16.9. The zero-order chi connectivity index (χ0) is 44.7. The monoisotopic (exact) mass is 860 g/mol. The van der Waals surface area contributed by atoms with E-state index in [2.05, 4.69) is 0 Å². The van der Waals surface area contributed by atoms with Gasteiger partial charge in [-0.25, -0.2) is 14.4 Å². The molecule has 3 fully saturated rings. The van der Waals surface area contributed by atoms with E-state index in [4.69, 9.17) is 37.9 Å². The number of carbonyl (C=O) groups is 5. The van der Waals surface area contributed by atoms with Crippen molar-refractivity contribution in [2.75, 3.05) is 13.7 Å². The van der Waals surface area contributed by atoms with Gasteiger partial charge in [-0.15, -0.1) is 0 Å². The molecule has 0 spiro atoms. The molecule has 338 valence electrons. The number of cyclic esters (lactones) is 1. The third kappa shape index (κ3) is 11.6. The molecular formula is C44H60O17. The number of rotatable bonds is 8. The van der Waals surface area contributed by atoms with E-state index in [0.29, 0.717) is 5.57 Å². The molecule has 1 unspecified atom stereocenters. The Bertz CT molecular complexity index is 1780. The summed E-state index contributed by atoms with van der Waals surface area (Å²) in [5, 5.41) is 46.5. The van der Waals surface area contributed by atoms with Crippen LogP contribution in [0, 0.1) is 11.3 Å². The standard InChI is InChI=1S/C44H60O17/c1-7-8-9-10-11-12-36(48)59-41-33-22-39(51)58-40(33)34-20-32(24-45)57-38(50)19-28(47)18-30-21-35(55-26(3)46)42(4,5)43(52,60-30)23-31-16-27(17-37(49)54-6)15-29(56-31)14-13-25(2)44(41,53)61-34/h9-14,17,22,25,28-32,34-35,40-41,45,47,52-53H,7-8,15-16,18-21,23-24H2,1-6H3/b10-9+,12-11+,14-13+,27-17+/t25?,28-,29+,30-,31+,32-,34-,35+,40-,41+,43+,44+/m1/s1. The number of aliphatic hydroxyl groups excluding tert-OH is 2. The van der Waals surface area contributed by atoms with E-state index in [1.165, 1.54) is 26.2 Å². The van der Waals surface area contributed by atoms with Crippen LogP contribution < -0.4 is 0 Å². The van der Waals surface area contributed by atoms with Gasteiger partial charge in [-0.05, 0) is 19.3 Å². The molecule has 0 aliphatic carbocycles. The number of allylic oxidation sites excluding steroid dienone is 3. The van der Waals surface area contributed by atoms with Crippen LogP contribution in [-0.4, -0.2) is 130 Å². The summed E-state index contributed by atoms with van der Waals surface area (Å²) < 4.78 is 46.7. The molecule has 0 saturated carbocycles. The molecule has 5 aliphatic rings. The van der Waals surface area contributed by atoms with E-state index in [9.17, 15) is 44.4 Å². The molecule has 0 aromatic carbocycles. The van der Waals surface area contributed by atoms with Crippen LogP contribution in [0.25, 0.3) is 0 Å². The first-order valence-electron chi connectivity index (χ1n) is 20.8. The number of carbonyl (C=O) groups excluding carboxylic acids is 5. The van der Waals surface area contributed by atoms with Crippen LogP contribution in [0.2, 0.25) is 0 Å². The number of unbranched alkanes of at least 4 members (excludes halogenated alkanes) is 1. The zero-order valence-electron chi connectivity index (χ0n) is 35.6. The van der Waals surface area contributed by atoms with Crippen molar-refractivity contribution in [3.05, 3.63) is 59.8 Å². The van der Waals surface area contributed by atoms with Gasteiger partial charge >= 0.3 is 29.8 Å². The quantitative estimate of drug-likeness (QED) is 0.0902. The second kappa shape index (κ2) is 20.3. The Morgan fingerprint density at radius 2 is 1.70 bits per heavy atom. The first-order valence-corrected chi connectivity index (χ1v) is 20.8. The number of methoxy groups -OCH3 is 1. The summed E-state index contributed by atoms with van der Waals surface area (Å²) in [5.41, 5.74) is -0.545. The number of aliphatic hydroxyl groups is 4. The molecule has 5 aliphatic heterocycles. The summed E-state index contributed by atoms with van der Waals surface area (Å²) >= 11 is 0. The van der Waals surface area contributed by atoms with Crippen LogP contribution in [-0.2, 0) is 61.9 Å². The lowest BCUT2D eigenvalue weighted by atomic mass is 9.70. The van der Waals surface area contributed by atoms with Crippen LogP contribution in [0.3, 0.4) is 0 Å². The smallest absolute Gasteiger partial charge is 0.331 e. The Morgan fingerprint density at radius 1 is 0.951 bits per heavy atom. The lowest BCUT2D eigenvalue weighted by molar-refractivity contribution is -0.348. The highest BCUT2D eigenvalue weighted by Crippen LogP contribution is 2.49. The van der Waals surface area contributed by atoms with Crippen LogP contribution in [0.15, 0.2) is 59.8 Å². The average molecular weight is 861 g/mol. The lowest BCUT2D eigenvalue weighted by Gasteiger charge is -2.53. The number of hydrogen-bond acceptors (Lipinski definition) is 17. The molecule has 5 heterocycles. The molecule has 17 heteroatoms. The first kappa shape index (κ1) is 47.8. The molecular weight excluding hydrogens is 800 g/mol. The molecule has 0 aromatic rings. The molecule has 6 bridgehead atoms. The largest absolute Gasteiger partial charge is 0.466 e. The van der Waals surface area contributed by atoms with E-state index < -0.39 is 121 Å². The Labute approximate surface area is 355 Å². The van der Waals surface area contributed by atoms with Crippen LogP contribution >= 0.6 is 0 Å². The molecule has 5 rings (SSSR count). The summed E-state index contributed by atoms with van der Waals surface area (Å²) in [4.78, 5) is 64.1. The van der Waals surface area contributed by atoms with Crippen LogP contribution in [0.4, 0.5) is 0 Å². The molecule has 4 N–H and O–H groups in total. The van der Waals surface area contributed by atoms with Gasteiger partial charge in [0.05, 0.1) is 50.0 Å². The first-order chi connectivity index (χ1) is 28.8. The predicted octanol–water partition coefficient (Wildman–Crippen LogP) is 2.86. The maximum Gasteiger partial charge on any atom is 0.331 e. The van der Waals surface area contributed by atoms with E-state index in [-0.39, 0.29) is 44.1 Å². The Balaban J connectivity index is 1.57. The number of hydrogen-bond donors (Lipinski definition) is 4. The van der Waals surface area contributed by atoms with Gasteiger partial charge < -0.3 is 58.3 Å². The zero-order valence-corrected chi connectivity index (χ0v) is 35.6. The fourth-order valence-electron chi connectivity index (χ4n) is 8.50. The van der Waals surface area contributed by atoms with Crippen molar-refractivity contribution < 1.29 is 82.3 Å². The van der Waals surface area contributed by atoms with Gasteiger partial charge in [-0.3, -0.25) is 9.59 Å². The van der Waals surface area contributed by atoms with E-state index in [0.717, 1.165) is 25.0 Å². The topological polar surface area (TPSA) is 240 Å². The summed E-state index contributed by atoms with van der Waals surface area (Å²) in [6.07, 6.45) is 2.58. The summed E-state index contributed by atoms with van der Waals surface area (Å²) in [6, 6.07) is 0. The van der Waals surface area contributed by atoms with Crippen molar-refractivity contribution in [3.8, 4) is 0 Å². The maximum absolute atomic E-state index is 13.3. The molecule has 0 aromatic heterocycles. The molecule has 0 amide bonds. The number of esters is 5. The number of ether oxygens (including phenoxy) is 8. The fourth-order valence-corrected chi connectivity index (χ4v) is 8.50. The SMILES string of the molecule is CCC/C=C/C=C/C(=O)O[C@H]1C2=CC(=O)O[C@H]2[C@H]2C[C@H](CO)OC(=O)C[C@H](O)C[C@@H]3C[C@H](OC(C)=O)C(C)(C)[C@](O)(C[C@@H]4C/C(=C/C(=O)OC)C[C@H](/C=C/C(C)[C@]1(O)O2)O4)O3. The van der Waals surface area contributed by atoms with Crippen molar-refractivity contribution in [3.63, 3.8) is 0 Å². The summed E-state index contributed by atoms with van der Waals surface area (Å²) in [6.45, 7) is 7.45. The highest BCUT2D eigenvalue weighted by Gasteiger charge is 2.60. The molecule has 17 nitrogen and oxygen atoms in total. The van der Waals surface area contributed by atoms with Gasteiger partial charge in [0.2, 0.25) is 5.79 Å². The number of fused-ring (bicyclic) bond motifs is 8. The van der Waals surface area contributed by atoms with Crippen molar-refractivity contribution in [1.29, 1.82) is 0 Å². The average Bonchev–Trinajstić information content (AvgIpc) is 3.57. The van der Waals surface area contributed by atoms with Crippen molar-refractivity contribution in [1.82, 2.24) is 0 Å². The molecule has 0 radical (unpaired) electrons. The van der Waals surface area contributed by atoms with E-state index in [1.807, 2.05) is 13.0 Å². The second-order valence-electron chi connectivity index (χ2n) is 16.9. The van der Waals surface area contributed by atoms with Crippen molar-refractivity contribution in [2.24, 2.45) is 11.3 Å². The highest BCUT2D eigenvalue weighted by atomic mass is 16.7. The van der Waals surface area contributed by atoms with Gasteiger partial charge in [-0.1, -0.05) is 70.1 Å². The summed E-state index contributed by atoms with van der Waals surface area (Å²) in [7, 11) is 1.24. The fraction of sp³-hybridized carbons (Fsp3) is 0.659. The van der Waals surface area contributed by atoms with E-state index >= 15 is 0 Å². The van der Waals surface area contributed by atoms with Gasteiger partial charge in [0.15, 0.2) is 18.0 Å². The normalized spacial score (nSPS) is 38.1. The lowest BCUT2D eigenvalue weighted by Crippen LogP contribution is -2.62. The molecule has 12 atom stereocenters. The Hall–Kier alpha value is -4.23. The van der Waals surface area contributed by atoms with Crippen LogP contribution in [0.5, 0.6) is 0 Å². The molecule has 61 heavy (non-hydrogen) atoms. The third-order valence-corrected chi connectivity index (χ3v) is 11.9. The van der Waals surface area contributed by atoms with Gasteiger partial charge in [-0.2, -0.15) is 0 Å². The highest BCUT2D eigenvalue weighted by molar-refractivity contribution is 5.87. The minimum absolute atomic E-state index is 0.0724. The predicted molar refractivity (Wildman–Crippen MR) is 212 cm³/mol. The summed E-state index contributed by atoms with van der Waals surface area (Å²) in [5.74, 6) is -9.26. The van der Waals surface area contributed by atoms with Crippen molar-refractivity contribution >= 4 is 29.8 Å². The Morgan fingerprint density at radius 3 is 2.39 bits per heavy atom. The Kier molecular flexibility index (Phi) is 15.9. The van der Waals surface area contributed by atoms with Gasteiger partial charge in [0.25, 0.3) is 0 Å². The minimum Gasteiger partial charge on any atom is -0.466 e. The van der Waals surface area contributed by atoms with Gasteiger partial charge in [0, 0.05) is 62.3 Å². The maximum atomic E-state index is 13.3. The minimum atomic E-state index is -2.39. The van der Waals surface area contributed by atoms with Crippen molar-refractivity contribution in [2.45, 2.75) is 159 Å². The third-order valence-electron chi connectivity index (χ3n) is 11.9.